The standard InChI is InChI=1S/C20H22O/c1-15(17-7-5-4-6-8-17)13-16-9-10-19-18(14-16)20(2,3)11-12-21-19/h4-10,13-14H,11-12H2,1-3H3/b15-13+. The molecule has 1 aliphatic heterocycles. The maximum atomic E-state index is 5.78. The highest BCUT2D eigenvalue weighted by Gasteiger charge is 2.28. The zero-order valence-electron chi connectivity index (χ0n) is 13.0. The van der Waals surface area contributed by atoms with Crippen LogP contribution in [-0.2, 0) is 5.41 Å². The van der Waals surface area contributed by atoms with E-state index in [1.165, 1.54) is 22.3 Å². The molecule has 0 radical (unpaired) electrons. The van der Waals surface area contributed by atoms with Crippen LogP contribution in [0.15, 0.2) is 48.5 Å². The van der Waals surface area contributed by atoms with Crippen LogP contribution in [0.25, 0.3) is 11.6 Å². The summed E-state index contributed by atoms with van der Waals surface area (Å²) in [5.74, 6) is 1.04. The van der Waals surface area contributed by atoms with Crippen LogP contribution in [0.2, 0.25) is 0 Å². The molecule has 0 fully saturated rings. The Balaban J connectivity index is 1.98. The van der Waals surface area contributed by atoms with Gasteiger partial charge in [-0.25, -0.2) is 0 Å². The molecule has 0 aromatic heterocycles. The van der Waals surface area contributed by atoms with Gasteiger partial charge < -0.3 is 4.74 Å². The van der Waals surface area contributed by atoms with Gasteiger partial charge in [-0.2, -0.15) is 0 Å². The van der Waals surface area contributed by atoms with E-state index in [2.05, 4.69) is 75.4 Å². The van der Waals surface area contributed by atoms with Crippen LogP contribution in [0.1, 0.15) is 43.9 Å². The van der Waals surface area contributed by atoms with E-state index in [1.54, 1.807) is 0 Å². The molecule has 0 bridgehead atoms. The van der Waals surface area contributed by atoms with Crippen molar-refractivity contribution >= 4 is 11.6 Å². The summed E-state index contributed by atoms with van der Waals surface area (Å²) in [5.41, 5.74) is 5.31. The minimum absolute atomic E-state index is 0.193. The Hall–Kier alpha value is -2.02. The van der Waals surface area contributed by atoms with E-state index in [9.17, 15) is 0 Å². The van der Waals surface area contributed by atoms with E-state index < -0.39 is 0 Å². The van der Waals surface area contributed by atoms with Gasteiger partial charge >= 0.3 is 0 Å². The fourth-order valence-electron chi connectivity index (χ4n) is 2.88. The molecule has 0 atom stereocenters. The van der Waals surface area contributed by atoms with Crippen molar-refractivity contribution in [2.24, 2.45) is 0 Å². The fourth-order valence-corrected chi connectivity index (χ4v) is 2.88. The highest BCUT2D eigenvalue weighted by atomic mass is 16.5. The van der Waals surface area contributed by atoms with Crippen molar-refractivity contribution < 1.29 is 4.74 Å². The number of benzene rings is 2. The third-order valence-corrected chi connectivity index (χ3v) is 4.33. The molecule has 0 saturated carbocycles. The number of fused-ring (bicyclic) bond motifs is 1. The molecule has 0 aliphatic carbocycles. The summed E-state index contributed by atoms with van der Waals surface area (Å²) in [5, 5.41) is 0. The smallest absolute Gasteiger partial charge is 0.123 e. The van der Waals surface area contributed by atoms with Crippen molar-refractivity contribution in [2.75, 3.05) is 6.61 Å². The first kappa shape index (κ1) is 13.9. The van der Waals surface area contributed by atoms with Crippen LogP contribution in [0, 0.1) is 0 Å². The average Bonchev–Trinajstić information content (AvgIpc) is 2.48. The number of rotatable bonds is 2. The molecule has 108 valence electrons. The lowest BCUT2D eigenvalue weighted by atomic mass is 9.79. The highest BCUT2D eigenvalue weighted by molar-refractivity contribution is 5.80. The van der Waals surface area contributed by atoms with Gasteiger partial charge in [-0.1, -0.05) is 56.3 Å². The summed E-state index contributed by atoms with van der Waals surface area (Å²) in [6, 6.07) is 17.0. The lowest BCUT2D eigenvalue weighted by Crippen LogP contribution is -2.26. The van der Waals surface area contributed by atoms with Gasteiger partial charge in [0.25, 0.3) is 0 Å². The van der Waals surface area contributed by atoms with Gasteiger partial charge in [0.05, 0.1) is 6.61 Å². The first-order valence-corrected chi connectivity index (χ1v) is 7.57. The Morgan fingerprint density at radius 3 is 2.62 bits per heavy atom. The van der Waals surface area contributed by atoms with Crippen LogP contribution in [-0.4, -0.2) is 6.61 Å². The van der Waals surface area contributed by atoms with Crippen LogP contribution >= 0.6 is 0 Å². The Morgan fingerprint density at radius 1 is 1.10 bits per heavy atom. The minimum atomic E-state index is 0.193. The number of ether oxygens (including phenoxy) is 1. The molecule has 0 unspecified atom stereocenters. The van der Waals surface area contributed by atoms with Gasteiger partial charge in [0, 0.05) is 5.56 Å². The molecule has 0 amide bonds. The van der Waals surface area contributed by atoms with E-state index in [0.717, 1.165) is 18.8 Å². The second-order valence-corrected chi connectivity index (χ2v) is 6.43. The van der Waals surface area contributed by atoms with E-state index in [1.807, 2.05) is 0 Å². The van der Waals surface area contributed by atoms with Gasteiger partial charge in [0.1, 0.15) is 5.75 Å². The van der Waals surface area contributed by atoms with Crippen molar-refractivity contribution in [1.82, 2.24) is 0 Å². The largest absolute Gasteiger partial charge is 0.493 e. The SMILES string of the molecule is C/C(=C\c1ccc2c(c1)C(C)(C)CCO2)c1ccccc1. The fraction of sp³-hybridized carbons (Fsp3) is 0.300. The molecule has 3 rings (SSSR count). The number of hydrogen-bond donors (Lipinski definition) is 0. The first-order valence-electron chi connectivity index (χ1n) is 7.57. The minimum Gasteiger partial charge on any atom is -0.493 e. The van der Waals surface area contributed by atoms with Crippen molar-refractivity contribution in [2.45, 2.75) is 32.6 Å². The van der Waals surface area contributed by atoms with Gasteiger partial charge in [-0.3, -0.25) is 0 Å². The Bertz CT molecular complexity index is 665. The van der Waals surface area contributed by atoms with E-state index >= 15 is 0 Å². The summed E-state index contributed by atoms with van der Waals surface area (Å²) >= 11 is 0. The Labute approximate surface area is 127 Å². The average molecular weight is 278 g/mol. The quantitative estimate of drug-likeness (QED) is 0.677. The zero-order chi connectivity index (χ0) is 14.9. The molecular weight excluding hydrogens is 256 g/mol. The molecule has 0 saturated heterocycles. The number of hydrogen-bond acceptors (Lipinski definition) is 1. The summed E-state index contributed by atoms with van der Waals surface area (Å²) in [4.78, 5) is 0. The van der Waals surface area contributed by atoms with Crippen molar-refractivity contribution in [3.63, 3.8) is 0 Å². The molecule has 2 aromatic rings. The second kappa shape index (κ2) is 5.40. The van der Waals surface area contributed by atoms with E-state index in [4.69, 9.17) is 4.74 Å². The summed E-state index contributed by atoms with van der Waals surface area (Å²) < 4.78 is 5.78. The molecule has 21 heavy (non-hydrogen) atoms. The molecule has 1 heteroatoms. The van der Waals surface area contributed by atoms with E-state index in [0.29, 0.717) is 0 Å². The van der Waals surface area contributed by atoms with Crippen molar-refractivity contribution in [3.05, 3.63) is 65.2 Å². The van der Waals surface area contributed by atoms with Crippen molar-refractivity contribution in [3.8, 4) is 5.75 Å². The first-order chi connectivity index (χ1) is 10.1. The molecule has 0 N–H and O–H groups in total. The molecule has 1 nitrogen and oxygen atoms in total. The zero-order valence-corrected chi connectivity index (χ0v) is 13.0. The predicted molar refractivity (Wildman–Crippen MR) is 89.6 cm³/mol. The maximum absolute atomic E-state index is 5.78. The molecular formula is C20H22O. The van der Waals surface area contributed by atoms with Crippen LogP contribution in [0.5, 0.6) is 5.75 Å². The third kappa shape index (κ3) is 2.87. The van der Waals surface area contributed by atoms with Gasteiger partial charge in [0.15, 0.2) is 0 Å². The topological polar surface area (TPSA) is 9.23 Å². The van der Waals surface area contributed by atoms with Gasteiger partial charge in [0.2, 0.25) is 0 Å². The Kier molecular flexibility index (Phi) is 3.59. The maximum Gasteiger partial charge on any atom is 0.123 e. The third-order valence-electron chi connectivity index (χ3n) is 4.33. The number of allylic oxidation sites excluding steroid dienone is 1. The predicted octanol–water partition coefficient (Wildman–Crippen LogP) is 5.31. The van der Waals surface area contributed by atoms with Gasteiger partial charge in [-0.05, 0) is 47.6 Å². The summed E-state index contributed by atoms with van der Waals surface area (Å²) in [6.07, 6.45) is 3.32. The monoisotopic (exact) mass is 278 g/mol. The highest BCUT2D eigenvalue weighted by Crippen LogP contribution is 2.39. The molecule has 1 aliphatic rings. The lowest BCUT2D eigenvalue weighted by molar-refractivity contribution is 0.234. The van der Waals surface area contributed by atoms with Crippen LogP contribution < -0.4 is 4.74 Å². The normalized spacial score (nSPS) is 17.0. The Morgan fingerprint density at radius 2 is 1.86 bits per heavy atom. The molecule has 1 heterocycles. The summed E-state index contributed by atoms with van der Waals surface area (Å²) in [6.45, 7) is 7.58. The summed E-state index contributed by atoms with van der Waals surface area (Å²) in [7, 11) is 0. The lowest BCUT2D eigenvalue weighted by Gasteiger charge is -2.32. The van der Waals surface area contributed by atoms with Gasteiger partial charge in [-0.15, -0.1) is 0 Å². The van der Waals surface area contributed by atoms with Crippen molar-refractivity contribution in [1.29, 1.82) is 0 Å². The molecule has 0 spiro atoms. The second-order valence-electron chi connectivity index (χ2n) is 6.43. The van der Waals surface area contributed by atoms with E-state index in [-0.39, 0.29) is 5.41 Å². The van der Waals surface area contributed by atoms with Crippen LogP contribution in [0.3, 0.4) is 0 Å². The van der Waals surface area contributed by atoms with Crippen LogP contribution in [0.4, 0.5) is 0 Å². The molecule has 2 aromatic carbocycles.